The van der Waals surface area contributed by atoms with Gasteiger partial charge in [-0.1, -0.05) is 30.9 Å². The number of hydrogen-bond donors (Lipinski definition) is 1. The molecule has 1 saturated carbocycles. The first-order valence-corrected chi connectivity index (χ1v) is 8.63. The van der Waals surface area contributed by atoms with Crippen LogP contribution >= 0.6 is 11.6 Å². The topological polar surface area (TPSA) is 63.2 Å². The largest absolute Gasteiger partial charge is 0.298 e. The summed E-state index contributed by atoms with van der Waals surface area (Å²) in [6.45, 7) is -0.129. The third-order valence-corrected chi connectivity index (χ3v) is 5.29. The Kier molecular flexibility index (Phi) is 5.18. The van der Waals surface area contributed by atoms with Crippen LogP contribution < -0.4 is 4.72 Å². The van der Waals surface area contributed by atoms with E-state index in [1.54, 1.807) is 0 Å². The van der Waals surface area contributed by atoms with Gasteiger partial charge in [0.1, 0.15) is 0 Å². The molecule has 0 atom stereocenters. The molecule has 1 N–H and O–H groups in total. The number of Topliss-reactive ketones (excluding diaryl/α,β-unsaturated/α-hetero) is 1. The highest BCUT2D eigenvalue weighted by atomic mass is 35.5. The van der Waals surface area contributed by atoms with E-state index in [2.05, 4.69) is 4.72 Å². The van der Waals surface area contributed by atoms with Crippen molar-refractivity contribution in [1.29, 1.82) is 0 Å². The van der Waals surface area contributed by atoms with E-state index in [0.717, 1.165) is 25.7 Å². The van der Waals surface area contributed by atoms with Crippen molar-refractivity contribution in [1.82, 2.24) is 4.72 Å². The molecule has 110 valence electrons. The highest BCUT2D eigenvalue weighted by Gasteiger charge is 2.23. The van der Waals surface area contributed by atoms with Crippen LogP contribution in [-0.4, -0.2) is 20.7 Å². The summed E-state index contributed by atoms with van der Waals surface area (Å²) in [7, 11) is -3.64. The third kappa shape index (κ3) is 4.04. The highest BCUT2D eigenvalue weighted by Crippen LogP contribution is 2.24. The molecule has 0 amide bonds. The molecule has 0 unspecified atom stereocenters. The minimum atomic E-state index is -3.64. The Balaban J connectivity index is 1.95. The molecule has 1 aliphatic carbocycles. The second kappa shape index (κ2) is 6.70. The predicted octanol–water partition coefficient (Wildman–Crippen LogP) is 2.77. The number of ketones is 1. The zero-order chi connectivity index (χ0) is 14.6. The third-order valence-electron chi connectivity index (χ3n) is 3.62. The molecule has 1 fully saturated rings. The number of carbonyl (C=O) groups is 1. The van der Waals surface area contributed by atoms with Crippen LogP contribution in [0.15, 0.2) is 29.2 Å². The maximum atomic E-state index is 12.0. The molecule has 1 aromatic carbocycles. The van der Waals surface area contributed by atoms with E-state index < -0.39 is 10.0 Å². The van der Waals surface area contributed by atoms with Crippen molar-refractivity contribution in [3.05, 3.63) is 29.3 Å². The van der Waals surface area contributed by atoms with E-state index in [-0.39, 0.29) is 23.1 Å². The maximum Gasteiger partial charge on any atom is 0.240 e. The van der Waals surface area contributed by atoms with Gasteiger partial charge in [0.15, 0.2) is 5.78 Å². The lowest BCUT2D eigenvalue weighted by Gasteiger charge is -2.20. The molecule has 0 aromatic heterocycles. The quantitative estimate of drug-likeness (QED) is 0.908. The monoisotopic (exact) mass is 315 g/mol. The Bertz CT molecular complexity index is 563. The smallest absolute Gasteiger partial charge is 0.240 e. The normalized spacial score (nSPS) is 17.1. The zero-order valence-electron chi connectivity index (χ0n) is 11.1. The van der Waals surface area contributed by atoms with Crippen LogP contribution in [0.3, 0.4) is 0 Å². The Morgan fingerprint density at radius 1 is 1.15 bits per heavy atom. The summed E-state index contributed by atoms with van der Waals surface area (Å²) in [6.07, 6.45) is 5.03. The molecule has 1 aromatic rings. The zero-order valence-corrected chi connectivity index (χ0v) is 12.7. The summed E-state index contributed by atoms with van der Waals surface area (Å²) in [5.74, 6) is -0.00101. The van der Waals surface area contributed by atoms with Gasteiger partial charge in [0.2, 0.25) is 10.0 Å². The van der Waals surface area contributed by atoms with Crippen LogP contribution in [0.2, 0.25) is 5.02 Å². The summed E-state index contributed by atoms with van der Waals surface area (Å²) >= 11 is 5.72. The van der Waals surface area contributed by atoms with Gasteiger partial charge < -0.3 is 0 Å². The number of nitrogens with one attached hydrogen (secondary N) is 1. The first kappa shape index (κ1) is 15.5. The molecule has 4 nitrogen and oxygen atoms in total. The number of halogens is 1. The summed E-state index contributed by atoms with van der Waals surface area (Å²) < 4.78 is 26.4. The van der Waals surface area contributed by atoms with Gasteiger partial charge in [0.25, 0.3) is 0 Å². The van der Waals surface area contributed by atoms with Crippen molar-refractivity contribution in [2.75, 3.05) is 6.54 Å². The van der Waals surface area contributed by atoms with E-state index >= 15 is 0 Å². The van der Waals surface area contributed by atoms with Gasteiger partial charge in [-0.3, -0.25) is 4.79 Å². The predicted molar refractivity (Wildman–Crippen MR) is 78.2 cm³/mol. The van der Waals surface area contributed by atoms with Crippen molar-refractivity contribution >= 4 is 27.4 Å². The Labute approximate surface area is 124 Å². The molecule has 20 heavy (non-hydrogen) atoms. The van der Waals surface area contributed by atoms with Crippen LogP contribution in [-0.2, 0) is 14.8 Å². The molecule has 1 aliphatic rings. The Hall–Kier alpha value is -0.910. The summed E-state index contributed by atoms with van der Waals surface area (Å²) in [5, 5.41) is 0.474. The number of rotatable bonds is 5. The molecule has 2 rings (SSSR count). The van der Waals surface area contributed by atoms with E-state index in [9.17, 15) is 13.2 Å². The van der Waals surface area contributed by atoms with Crippen LogP contribution in [0.5, 0.6) is 0 Å². The fourth-order valence-electron chi connectivity index (χ4n) is 2.43. The molecule has 6 heteroatoms. The standard InChI is InChI=1S/C14H18ClNO3S/c15-12-6-8-13(9-7-12)20(18,19)16-10-14(17)11-4-2-1-3-5-11/h6-9,11,16H,1-5,10H2. The lowest BCUT2D eigenvalue weighted by Crippen LogP contribution is -2.33. The van der Waals surface area contributed by atoms with Gasteiger partial charge in [-0.15, -0.1) is 0 Å². The molecule has 0 saturated heterocycles. The van der Waals surface area contributed by atoms with Gasteiger partial charge >= 0.3 is 0 Å². The average Bonchev–Trinajstić information content (AvgIpc) is 2.46. The summed E-state index contributed by atoms with van der Waals surface area (Å²) in [6, 6.07) is 5.88. The molecular formula is C14H18ClNO3S. The Morgan fingerprint density at radius 3 is 2.35 bits per heavy atom. The number of sulfonamides is 1. The van der Waals surface area contributed by atoms with Crippen LogP contribution in [0, 0.1) is 5.92 Å². The maximum absolute atomic E-state index is 12.0. The minimum absolute atomic E-state index is 0.0108. The van der Waals surface area contributed by atoms with Gasteiger partial charge in [0, 0.05) is 10.9 Å². The summed E-state index contributed by atoms with van der Waals surface area (Å²) in [4.78, 5) is 12.1. The minimum Gasteiger partial charge on any atom is -0.298 e. The average molecular weight is 316 g/mol. The second-order valence-electron chi connectivity index (χ2n) is 5.08. The second-order valence-corrected chi connectivity index (χ2v) is 7.28. The van der Waals surface area contributed by atoms with Crippen molar-refractivity contribution < 1.29 is 13.2 Å². The molecule has 0 heterocycles. The Morgan fingerprint density at radius 2 is 1.75 bits per heavy atom. The van der Waals surface area contributed by atoms with Crippen molar-refractivity contribution in [2.45, 2.75) is 37.0 Å². The molecule has 0 bridgehead atoms. The fraction of sp³-hybridized carbons (Fsp3) is 0.500. The number of benzene rings is 1. The van der Waals surface area contributed by atoms with E-state index in [4.69, 9.17) is 11.6 Å². The summed E-state index contributed by atoms with van der Waals surface area (Å²) in [5.41, 5.74) is 0. The molecule has 0 aliphatic heterocycles. The molecule has 0 spiro atoms. The van der Waals surface area contributed by atoms with Crippen LogP contribution in [0.1, 0.15) is 32.1 Å². The van der Waals surface area contributed by atoms with Crippen molar-refractivity contribution in [2.24, 2.45) is 5.92 Å². The molecular weight excluding hydrogens is 298 g/mol. The number of carbonyl (C=O) groups excluding carboxylic acids is 1. The fourth-order valence-corrected chi connectivity index (χ4v) is 3.55. The SMILES string of the molecule is O=C(CNS(=O)(=O)c1ccc(Cl)cc1)C1CCCCC1. The lowest BCUT2D eigenvalue weighted by molar-refractivity contribution is -0.122. The van der Waals surface area contributed by atoms with Crippen LogP contribution in [0.4, 0.5) is 0 Å². The lowest BCUT2D eigenvalue weighted by atomic mass is 9.86. The number of hydrogen-bond acceptors (Lipinski definition) is 3. The molecule has 0 radical (unpaired) electrons. The van der Waals surface area contributed by atoms with Gasteiger partial charge in [0.05, 0.1) is 11.4 Å². The van der Waals surface area contributed by atoms with Crippen LogP contribution in [0.25, 0.3) is 0 Å². The van der Waals surface area contributed by atoms with E-state index in [1.165, 1.54) is 30.7 Å². The van der Waals surface area contributed by atoms with Crippen molar-refractivity contribution in [3.8, 4) is 0 Å². The first-order chi connectivity index (χ1) is 9.49. The van der Waals surface area contributed by atoms with Gasteiger partial charge in [-0.25, -0.2) is 13.1 Å². The van der Waals surface area contributed by atoms with Gasteiger partial charge in [-0.2, -0.15) is 0 Å². The first-order valence-electron chi connectivity index (χ1n) is 6.77. The van der Waals surface area contributed by atoms with Gasteiger partial charge in [-0.05, 0) is 37.1 Å². The van der Waals surface area contributed by atoms with E-state index in [1.807, 2.05) is 0 Å². The van der Waals surface area contributed by atoms with E-state index in [0.29, 0.717) is 5.02 Å². The highest BCUT2D eigenvalue weighted by molar-refractivity contribution is 7.89. The van der Waals surface area contributed by atoms with Crippen molar-refractivity contribution in [3.63, 3.8) is 0 Å².